The molecule has 0 heterocycles. The Balaban J connectivity index is 1.73. The number of likely N-dealkylation sites (N-methyl/N-ethyl adjacent to an activating group) is 1. The summed E-state index contributed by atoms with van der Waals surface area (Å²) in [4.78, 5) is 26.8. The molecule has 0 N–H and O–H groups in total. The molecule has 144 valence electrons. The van der Waals surface area contributed by atoms with Crippen LogP contribution >= 0.6 is 0 Å². The van der Waals surface area contributed by atoms with Crippen LogP contribution in [0.25, 0.3) is 10.8 Å². The molecule has 28 heavy (non-hydrogen) atoms. The lowest BCUT2D eigenvalue weighted by molar-refractivity contribution is -0.139. The van der Waals surface area contributed by atoms with Crippen LogP contribution in [0.5, 0.6) is 5.75 Å². The first kappa shape index (κ1) is 19.4. The molecule has 3 rings (SSSR count). The van der Waals surface area contributed by atoms with Crippen molar-refractivity contribution in [2.24, 2.45) is 0 Å². The van der Waals surface area contributed by atoms with Crippen molar-refractivity contribution >= 4 is 22.6 Å². The van der Waals surface area contributed by atoms with Crippen LogP contribution in [0.15, 0.2) is 66.7 Å². The minimum Gasteiger partial charge on any atom is -0.496 e. The molecule has 0 aliphatic heterocycles. The van der Waals surface area contributed by atoms with Crippen LogP contribution < -0.4 is 4.74 Å². The van der Waals surface area contributed by atoms with Crippen molar-refractivity contribution in [3.05, 3.63) is 77.9 Å². The molecule has 1 amide bonds. The molecule has 0 unspecified atom stereocenters. The summed E-state index contributed by atoms with van der Waals surface area (Å²) in [5.41, 5.74) is 1.31. The predicted molar refractivity (Wildman–Crippen MR) is 108 cm³/mol. The summed E-state index contributed by atoms with van der Waals surface area (Å²) in [6.45, 7) is 2.02. The van der Waals surface area contributed by atoms with E-state index in [2.05, 4.69) is 0 Å². The number of hydrogen-bond acceptors (Lipinski definition) is 4. The van der Waals surface area contributed by atoms with Crippen LogP contribution in [0, 0.1) is 0 Å². The van der Waals surface area contributed by atoms with Gasteiger partial charge in [-0.1, -0.05) is 54.6 Å². The van der Waals surface area contributed by atoms with Crippen molar-refractivity contribution in [2.45, 2.75) is 19.6 Å². The number of benzene rings is 3. The van der Waals surface area contributed by atoms with Gasteiger partial charge in [-0.25, -0.2) is 4.79 Å². The van der Waals surface area contributed by atoms with Gasteiger partial charge in [-0.05, 0) is 35.4 Å². The van der Waals surface area contributed by atoms with Crippen molar-refractivity contribution in [2.75, 3.05) is 14.2 Å². The Morgan fingerprint density at radius 3 is 2.21 bits per heavy atom. The highest BCUT2D eigenvalue weighted by atomic mass is 16.5. The second-order valence-corrected chi connectivity index (χ2v) is 6.63. The van der Waals surface area contributed by atoms with E-state index in [0.717, 1.165) is 16.3 Å². The Bertz CT molecular complexity index is 984. The number of rotatable bonds is 6. The zero-order valence-electron chi connectivity index (χ0n) is 16.2. The SMILES string of the molecule is COc1cc2ccccc2cc1C(=O)O[C@H](C)C(=O)N(C)Cc1ccccc1. The summed E-state index contributed by atoms with van der Waals surface area (Å²) < 4.78 is 10.8. The molecule has 0 saturated carbocycles. The smallest absolute Gasteiger partial charge is 0.342 e. The predicted octanol–water partition coefficient (Wildman–Crippen LogP) is 4.05. The van der Waals surface area contributed by atoms with Crippen LogP contribution in [0.2, 0.25) is 0 Å². The van der Waals surface area contributed by atoms with Gasteiger partial charge in [-0.15, -0.1) is 0 Å². The maximum absolute atomic E-state index is 12.7. The van der Waals surface area contributed by atoms with Gasteiger partial charge in [0.15, 0.2) is 6.10 Å². The second-order valence-electron chi connectivity index (χ2n) is 6.63. The maximum Gasteiger partial charge on any atom is 0.342 e. The van der Waals surface area contributed by atoms with Crippen LogP contribution in [0.4, 0.5) is 0 Å². The molecule has 0 aliphatic carbocycles. The van der Waals surface area contributed by atoms with Gasteiger partial charge >= 0.3 is 5.97 Å². The molecule has 3 aromatic rings. The third kappa shape index (κ3) is 4.31. The van der Waals surface area contributed by atoms with Crippen molar-refractivity contribution in [1.29, 1.82) is 0 Å². The first-order valence-electron chi connectivity index (χ1n) is 9.06. The van der Waals surface area contributed by atoms with Crippen molar-refractivity contribution in [1.82, 2.24) is 4.90 Å². The molecule has 1 atom stereocenters. The van der Waals surface area contributed by atoms with Crippen molar-refractivity contribution in [3.8, 4) is 5.75 Å². The summed E-state index contributed by atoms with van der Waals surface area (Å²) in [7, 11) is 3.19. The van der Waals surface area contributed by atoms with Crippen molar-refractivity contribution in [3.63, 3.8) is 0 Å². The third-order valence-corrected chi connectivity index (χ3v) is 4.56. The number of amides is 1. The van der Waals surface area contributed by atoms with E-state index < -0.39 is 12.1 Å². The number of fused-ring (bicyclic) bond motifs is 1. The van der Waals surface area contributed by atoms with Gasteiger partial charge in [0.05, 0.1) is 7.11 Å². The number of carbonyl (C=O) groups is 2. The Labute approximate surface area is 164 Å². The first-order valence-corrected chi connectivity index (χ1v) is 9.06. The van der Waals surface area contributed by atoms with Gasteiger partial charge in [0.2, 0.25) is 0 Å². The largest absolute Gasteiger partial charge is 0.496 e. The molecule has 0 aliphatic rings. The zero-order chi connectivity index (χ0) is 20.1. The van der Waals surface area contributed by atoms with E-state index >= 15 is 0 Å². The molecule has 5 nitrogen and oxygen atoms in total. The fourth-order valence-corrected chi connectivity index (χ4v) is 3.07. The molecule has 0 bridgehead atoms. The van der Waals surface area contributed by atoms with Gasteiger partial charge < -0.3 is 14.4 Å². The zero-order valence-corrected chi connectivity index (χ0v) is 16.2. The molecule has 0 spiro atoms. The summed E-state index contributed by atoms with van der Waals surface area (Å²) >= 11 is 0. The lowest BCUT2D eigenvalue weighted by Gasteiger charge is -2.22. The molecule has 0 fully saturated rings. The van der Waals surface area contributed by atoms with E-state index in [9.17, 15) is 9.59 Å². The first-order chi connectivity index (χ1) is 13.5. The lowest BCUT2D eigenvalue weighted by Crippen LogP contribution is -2.37. The normalized spacial score (nSPS) is 11.7. The molecule has 5 heteroatoms. The van der Waals surface area contributed by atoms with E-state index in [4.69, 9.17) is 9.47 Å². The number of carbonyl (C=O) groups excluding carboxylic acids is 2. The Morgan fingerprint density at radius 1 is 0.964 bits per heavy atom. The van der Waals surface area contributed by atoms with Crippen LogP contribution in [-0.4, -0.2) is 37.0 Å². The standard InChI is InChI=1S/C23H23NO4/c1-16(22(25)24(2)15-17-9-5-4-6-10-17)28-23(26)20-13-18-11-7-8-12-19(18)14-21(20)27-3/h4-14,16H,15H2,1-3H3/t16-/m1/s1. The summed E-state index contributed by atoms with van der Waals surface area (Å²) in [5.74, 6) is -0.436. The van der Waals surface area contributed by atoms with Gasteiger partial charge in [0, 0.05) is 13.6 Å². The molecule has 0 aromatic heterocycles. The van der Waals surface area contributed by atoms with E-state index in [1.54, 1.807) is 31.0 Å². The van der Waals surface area contributed by atoms with Crippen LogP contribution in [0.1, 0.15) is 22.8 Å². The molecular formula is C23H23NO4. The molecule has 3 aromatic carbocycles. The van der Waals surface area contributed by atoms with E-state index in [0.29, 0.717) is 17.9 Å². The number of ether oxygens (including phenoxy) is 2. The number of esters is 1. The lowest BCUT2D eigenvalue weighted by atomic mass is 10.1. The highest BCUT2D eigenvalue weighted by molar-refractivity contribution is 5.99. The molecule has 0 saturated heterocycles. The monoisotopic (exact) mass is 377 g/mol. The highest BCUT2D eigenvalue weighted by Crippen LogP contribution is 2.27. The van der Waals surface area contributed by atoms with Crippen LogP contribution in [0.3, 0.4) is 0 Å². The summed E-state index contributed by atoms with van der Waals surface area (Å²) in [6, 6.07) is 20.8. The number of hydrogen-bond donors (Lipinski definition) is 0. The summed E-state index contributed by atoms with van der Waals surface area (Å²) in [6.07, 6.45) is -0.905. The second kappa shape index (κ2) is 8.57. The Morgan fingerprint density at radius 2 is 1.57 bits per heavy atom. The van der Waals surface area contributed by atoms with Gasteiger partial charge in [0.25, 0.3) is 5.91 Å². The van der Waals surface area contributed by atoms with Crippen LogP contribution in [-0.2, 0) is 16.1 Å². The Kier molecular flexibility index (Phi) is 5.94. The number of nitrogens with zero attached hydrogens (tertiary/aromatic N) is 1. The maximum atomic E-state index is 12.7. The minimum atomic E-state index is -0.905. The van der Waals surface area contributed by atoms with Gasteiger partial charge in [-0.2, -0.15) is 0 Å². The third-order valence-electron chi connectivity index (χ3n) is 4.56. The minimum absolute atomic E-state index is 0.267. The molecular weight excluding hydrogens is 354 g/mol. The summed E-state index contributed by atoms with van der Waals surface area (Å²) in [5, 5.41) is 1.86. The van der Waals surface area contributed by atoms with E-state index in [1.807, 2.05) is 54.6 Å². The fraction of sp³-hybridized carbons (Fsp3) is 0.217. The quantitative estimate of drug-likeness (QED) is 0.608. The number of methoxy groups -OCH3 is 1. The van der Waals surface area contributed by atoms with E-state index in [1.165, 1.54) is 7.11 Å². The van der Waals surface area contributed by atoms with Gasteiger partial charge in [0.1, 0.15) is 11.3 Å². The topological polar surface area (TPSA) is 55.8 Å². The average Bonchev–Trinajstić information content (AvgIpc) is 2.72. The average molecular weight is 377 g/mol. The van der Waals surface area contributed by atoms with Gasteiger partial charge in [-0.3, -0.25) is 4.79 Å². The molecule has 0 radical (unpaired) electrons. The highest BCUT2D eigenvalue weighted by Gasteiger charge is 2.24. The Hall–Kier alpha value is -3.34. The van der Waals surface area contributed by atoms with E-state index in [-0.39, 0.29) is 5.91 Å². The fourth-order valence-electron chi connectivity index (χ4n) is 3.07. The van der Waals surface area contributed by atoms with Crippen molar-refractivity contribution < 1.29 is 19.1 Å².